The lowest BCUT2D eigenvalue weighted by Gasteiger charge is -2.59. The number of rotatable bonds is 6. The Morgan fingerprint density at radius 2 is 1.94 bits per heavy atom. The van der Waals surface area contributed by atoms with Gasteiger partial charge in [-0.2, -0.15) is 0 Å². The molecule has 0 bridgehead atoms. The average Bonchev–Trinajstić information content (AvgIpc) is 3.04. The van der Waals surface area contributed by atoms with Crippen molar-refractivity contribution in [1.29, 1.82) is 0 Å². The quantitative estimate of drug-likeness (QED) is 0.416. The monoisotopic (exact) mass is 502 g/mol. The van der Waals surface area contributed by atoms with E-state index in [1.807, 2.05) is 26.8 Å². The summed E-state index contributed by atoms with van der Waals surface area (Å²) in [5.41, 5.74) is -2.15. The Morgan fingerprint density at radius 1 is 1.22 bits per heavy atom. The molecule has 0 heterocycles. The third kappa shape index (κ3) is 3.88. The van der Waals surface area contributed by atoms with E-state index in [2.05, 4.69) is 6.92 Å². The molecule has 0 aromatic heterocycles. The number of aliphatic hydroxyl groups is 2. The molecular weight excluding hydrogens is 464 g/mol. The first-order chi connectivity index (χ1) is 16.9. The van der Waals surface area contributed by atoms with Crippen LogP contribution >= 0.6 is 0 Å². The average molecular weight is 503 g/mol. The molecule has 4 aliphatic rings. The van der Waals surface area contributed by atoms with E-state index >= 15 is 0 Å². The van der Waals surface area contributed by atoms with E-state index in [9.17, 15) is 29.4 Å². The van der Waals surface area contributed by atoms with E-state index in [1.165, 1.54) is 0 Å². The van der Waals surface area contributed by atoms with Crippen LogP contribution in [-0.4, -0.2) is 52.2 Å². The molecule has 0 aromatic carbocycles. The van der Waals surface area contributed by atoms with Crippen LogP contribution in [0.15, 0.2) is 23.8 Å². The summed E-state index contributed by atoms with van der Waals surface area (Å²) in [6, 6.07) is 0. The fraction of sp³-hybridized carbons (Fsp3) is 0.714. The van der Waals surface area contributed by atoms with Crippen LogP contribution in [0.3, 0.4) is 0 Å². The van der Waals surface area contributed by atoms with E-state index < -0.39 is 53.0 Å². The highest BCUT2D eigenvalue weighted by atomic mass is 16.8. The van der Waals surface area contributed by atoms with Crippen LogP contribution in [0.2, 0.25) is 0 Å². The van der Waals surface area contributed by atoms with Gasteiger partial charge in [-0.1, -0.05) is 45.8 Å². The van der Waals surface area contributed by atoms with Gasteiger partial charge in [-0.05, 0) is 56.1 Å². The van der Waals surface area contributed by atoms with Gasteiger partial charge in [-0.25, -0.2) is 4.79 Å². The van der Waals surface area contributed by atoms with Crippen LogP contribution in [0, 0.1) is 34.5 Å². The summed E-state index contributed by atoms with van der Waals surface area (Å²) in [4.78, 5) is 50.3. The van der Waals surface area contributed by atoms with Crippen molar-refractivity contribution in [2.75, 3.05) is 6.61 Å². The van der Waals surface area contributed by atoms with Crippen LogP contribution in [0.25, 0.3) is 0 Å². The van der Waals surface area contributed by atoms with Crippen molar-refractivity contribution in [1.82, 2.24) is 0 Å². The second kappa shape index (κ2) is 9.53. The molecule has 4 rings (SSSR count). The fourth-order valence-corrected chi connectivity index (χ4v) is 8.25. The third-order valence-corrected chi connectivity index (χ3v) is 9.77. The number of unbranched alkanes of at least 4 members (excludes halogenated alkanes) is 1. The molecule has 0 aliphatic heterocycles. The number of hydrogen-bond donors (Lipinski definition) is 2. The van der Waals surface area contributed by atoms with Gasteiger partial charge in [0.05, 0.1) is 6.10 Å². The third-order valence-electron chi connectivity index (χ3n) is 9.77. The molecule has 8 nitrogen and oxygen atoms in total. The van der Waals surface area contributed by atoms with Gasteiger partial charge in [-0.3, -0.25) is 14.4 Å². The molecule has 198 valence electrons. The maximum absolute atomic E-state index is 13.4. The van der Waals surface area contributed by atoms with Crippen molar-refractivity contribution in [3.63, 3.8) is 0 Å². The van der Waals surface area contributed by atoms with Crippen molar-refractivity contribution < 1.29 is 38.9 Å². The van der Waals surface area contributed by atoms with Crippen LogP contribution in [0.1, 0.15) is 72.6 Å². The summed E-state index contributed by atoms with van der Waals surface area (Å²) in [6.45, 7) is 6.82. The van der Waals surface area contributed by atoms with Crippen molar-refractivity contribution in [2.24, 2.45) is 34.5 Å². The minimum absolute atomic E-state index is 0.0142. The summed E-state index contributed by atoms with van der Waals surface area (Å²) in [7, 11) is 0. The lowest BCUT2D eigenvalue weighted by atomic mass is 9.46. The number of fused-ring (bicyclic) bond motifs is 5. The highest BCUT2D eigenvalue weighted by Gasteiger charge is 2.73. The van der Waals surface area contributed by atoms with Crippen LogP contribution < -0.4 is 0 Å². The molecule has 8 heteroatoms. The number of ether oxygens (including phenoxy) is 2. The Bertz CT molecular complexity index is 1010. The summed E-state index contributed by atoms with van der Waals surface area (Å²) in [5.74, 6) is -2.08. The standard InChI is InChI=1S/C28H38O8/c1-5-6-7-23(33)35-25(34)36-28(22(32)15-29)16(2)12-20-19-9-8-17-13-18(30)10-11-26(17,3)24(19)21(31)14-27(20,28)4/h10-11,13,16,19-21,24,29,31H,5-9,12,14-15H2,1-4H3/t16-,19+,20+,21?,24-,26+,27+,28+/m1/s1. The maximum Gasteiger partial charge on any atom is 0.517 e. The Labute approximate surface area is 212 Å². The normalized spacial score (nSPS) is 41.0. The lowest BCUT2D eigenvalue weighted by Crippen LogP contribution is -2.64. The maximum atomic E-state index is 13.4. The molecular formula is C28H38O8. The van der Waals surface area contributed by atoms with Gasteiger partial charge in [0, 0.05) is 29.1 Å². The first kappa shape index (κ1) is 26.7. The van der Waals surface area contributed by atoms with Gasteiger partial charge in [-0.15, -0.1) is 0 Å². The minimum Gasteiger partial charge on any atom is -0.418 e. The fourth-order valence-electron chi connectivity index (χ4n) is 8.25. The summed E-state index contributed by atoms with van der Waals surface area (Å²) in [5, 5.41) is 21.5. The zero-order valence-electron chi connectivity index (χ0n) is 21.6. The van der Waals surface area contributed by atoms with Gasteiger partial charge in [0.25, 0.3) is 0 Å². The van der Waals surface area contributed by atoms with Crippen molar-refractivity contribution >= 4 is 23.7 Å². The second-order valence-corrected chi connectivity index (χ2v) is 11.6. The van der Waals surface area contributed by atoms with Gasteiger partial charge in [0.1, 0.15) is 6.61 Å². The van der Waals surface area contributed by atoms with Gasteiger partial charge in [0.15, 0.2) is 11.4 Å². The molecule has 8 atom stereocenters. The van der Waals surface area contributed by atoms with E-state index in [0.29, 0.717) is 19.3 Å². The molecule has 1 unspecified atom stereocenters. The largest absolute Gasteiger partial charge is 0.517 e. The van der Waals surface area contributed by atoms with Gasteiger partial charge in [0.2, 0.25) is 5.78 Å². The summed E-state index contributed by atoms with van der Waals surface area (Å²) < 4.78 is 10.7. The lowest BCUT2D eigenvalue weighted by molar-refractivity contribution is -0.190. The number of ketones is 2. The van der Waals surface area contributed by atoms with Crippen molar-refractivity contribution in [3.8, 4) is 0 Å². The topological polar surface area (TPSA) is 127 Å². The number of hydrogen-bond acceptors (Lipinski definition) is 8. The SMILES string of the molecule is CCCCC(=O)OC(=O)O[C@]1(C(=O)CO)[C@H](C)C[C@H]2[C@@H]3CCC4=CC(=O)C=C[C@]4(C)[C@H]3C(O)C[C@@]21C. The molecule has 0 spiro atoms. The predicted molar refractivity (Wildman–Crippen MR) is 129 cm³/mol. The summed E-state index contributed by atoms with van der Waals surface area (Å²) in [6.07, 6.45) is 6.66. The second-order valence-electron chi connectivity index (χ2n) is 11.6. The minimum atomic E-state index is -1.73. The Hall–Kier alpha value is -2.32. The zero-order chi connectivity index (χ0) is 26.5. The Morgan fingerprint density at radius 3 is 2.61 bits per heavy atom. The number of carbonyl (C=O) groups is 4. The molecule has 36 heavy (non-hydrogen) atoms. The molecule has 0 aromatic rings. The number of allylic oxidation sites excluding steroid dienone is 4. The molecule has 2 N–H and O–H groups in total. The van der Waals surface area contributed by atoms with E-state index in [1.54, 1.807) is 12.2 Å². The highest BCUT2D eigenvalue weighted by Crippen LogP contribution is 2.69. The highest BCUT2D eigenvalue weighted by molar-refractivity contribution is 6.01. The summed E-state index contributed by atoms with van der Waals surface area (Å²) >= 11 is 0. The molecule has 0 radical (unpaired) electrons. The zero-order valence-corrected chi connectivity index (χ0v) is 21.6. The smallest absolute Gasteiger partial charge is 0.418 e. The van der Waals surface area contributed by atoms with Gasteiger partial charge < -0.3 is 19.7 Å². The molecule has 0 amide bonds. The number of aliphatic hydroxyl groups excluding tert-OH is 2. The number of Topliss-reactive ketones (excluding diaryl/α,β-unsaturated/α-hetero) is 1. The van der Waals surface area contributed by atoms with Crippen LogP contribution in [0.4, 0.5) is 4.79 Å². The molecule has 0 saturated heterocycles. The Kier molecular flexibility index (Phi) is 7.07. The van der Waals surface area contributed by atoms with Crippen molar-refractivity contribution in [2.45, 2.75) is 84.3 Å². The number of esters is 1. The van der Waals surface area contributed by atoms with Crippen molar-refractivity contribution in [3.05, 3.63) is 23.8 Å². The van der Waals surface area contributed by atoms with E-state index in [0.717, 1.165) is 18.4 Å². The first-order valence-electron chi connectivity index (χ1n) is 13.1. The number of carbonyl (C=O) groups excluding carboxylic acids is 4. The van der Waals surface area contributed by atoms with E-state index in [-0.39, 0.29) is 36.4 Å². The van der Waals surface area contributed by atoms with Gasteiger partial charge >= 0.3 is 12.1 Å². The molecule has 3 fully saturated rings. The molecule has 4 aliphatic carbocycles. The predicted octanol–water partition coefficient (Wildman–Crippen LogP) is 3.68. The van der Waals surface area contributed by atoms with Crippen LogP contribution in [0.5, 0.6) is 0 Å². The first-order valence-corrected chi connectivity index (χ1v) is 13.1. The molecule has 3 saturated carbocycles. The van der Waals surface area contributed by atoms with Crippen LogP contribution in [-0.2, 0) is 23.9 Å². The Balaban J connectivity index is 1.69. The van der Waals surface area contributed by atoms with E-state index in [4.69, 9.17) is 9.47 Å².